The molecule has 15 heavy (non-hydrogen) atoms. The summed E-state index contributed by atoms with van der Waals surface area (Å²) in [6.45, 7) is 2.06. The van der Waals surface area contributed by atoms with Gasteiger partial charge in [-0.05, 0) is 19.3 Å². The largest absolute Gasteiger partial charge is 0.480 e. The van der Waals surface area contributed by atoms with Crippen molar-refractivity contribution in [2.24, 2.45) is 0 Å². The summed E-state index contributed by atoms with van der Waals surface area (Å²) in [6.07, 6.45) is 6.25. The Kier molecular flexibility index (Phi) is 5.04. The second-order valence-electron chi connectivity index (χ2n) is 3.49. The molecule has 0 aliphatic rings. The van der Waals surface area contributed by atoms with Gasteiger partial charge in [0.1, 0.15) is 5.69 Å². The molecule has 1 atom stereocenters. The molecule has 0 saturated heterocycles. The molecule has 1 unspecified atom stereocenters. The Hall–Kier alpha value is -1.16. The smallest absolute Gasteiger partial charge is 0.235 e. The zero-order chi connectivity index (χ0) is 11.1. The minimum atomic E-state index is -0.248. The van der Waals surface area contributed by atoms with Gasteiger partial charge >= 0.3 is 0 Å². The second kappa shape index (κ2) is 6.35. The van der Waals surface area contributed by atoms with Crippen molar-refractivity contribution in [1.29, 1.82) is 0 Å². The van der Waals surface area contributed by atoms with Crippen LogP contribution in [0.3, 0.4) is 0 Å². The first-order valence-electron chi connectivity index (χ1n) is 5.29. The number of aromatic nitrogens is 2. The molecule has 0 radical (unpaired) electrons. The van der Waals surface area contributed by atoms with Crippen molar-refractivity contribution in [2.75, 3.05) is 7.11 Å². The first-order valence-corrected chi connectivity index (χ1v) is 5.29. The molecule has 0 amide bonds. The average Bonchev–Trinajstić information content (AvgIpc) is 2.27. The van der Waals surface area contributed by atoms with Crippen LogP contribution in [0.1, 0.15) is 31.9 Å². The summed E-state index contributed by atoms with van der Waals surface area (Å²) in [4.78, 5) is 8.24. The molecule has 0 fully saturated rings. The molecular weight excluding hydrogens is 192 g/mol. The van der Waals surface area contributed by atoms with Gasteiger partial charge in [0.05, 0.1) is 13.2 Å². The molecule has 1 rings (SSSR count). The van der Waals surface area contributed by atoms with Gasteiger partial charge in [0.15, 0.2) is 0 Å². The van der Waals surface area contributed by atoms with Crippen molar-refractivity contribution >= 4 is 0 Å². The highest BCUT2D eigenvalue weighted by atomic mass is 16.5. The number of hydrogen-bond donors (Lipinski definition) is 1. The summed E-state index contributed by atoms with van der Waals surface area (Å²) in [5.74, 6) is 0.557. The Balaban J connectivity index is 2.49. The van der Waals surface area contributed by atoms with Crippen LogP contribution in [0.5, 0.6) is 5.88 Å². The molecule has 0 bridgehead atoms. The van der Waals surface area contributed by atoms with Gasteiger partial charge in [0.25, 0.3) is 0 Å². The molecule has 1 aromatic rings. The van der Waals surface area contributed by atoms with Crippen LogP contribution < -0.4 is 4.74 Å². The van der Waals surface area contributed by atoms with Gasteiger partial charge in [0, 0.05) is 12.4 Å². The van der Waals surface area contributed by atoms with Gasteiger partial charge in [-0.1, -0.05) is 13.3 Å². The standard InChI is InChI=1S/C11H18N2O2/c1-3-4-9(14)5-6-10-11(15-2)13-8-7-12-10/h7-9,14H,3-6H2,1-2H3. The van der Waals surface area contributed by atoms with E-state index in [1.807, 2.05) is 0 Å². The fraction of sp³-hybridized carbons (Fsp3) is 0.636. The predicted octanol–water partition coefficient (Wildman–Crippen LogP) is 1.58. The van der Waals surface area contributed by atoms with Gasteiger partial charge in [-0.3, -0.25) is 4.98 Å². The first-order chi connectivity index (χ1) is 7.27. The third-order valence-corrected chi connectivity index (χ3v) is 2.27. The van der Waals surface area contributed by atoms with E-state index in [0.717, 1.165) is 18.5 Å². The molecule has 0 aromatic carbocycles. The highest BCUT2D eigenvalue weighted by Gasteiger charge is 2.08. The van der Waals surface area contributed by atoms with Crippen molar-refractivity contribution in [3.8, 4) is 5.88 Å². The van der Waals surface area contributed by atoms with Crippen LogP contribution in [0.4, 0.5) is 0 Å². The maximum absolute atomic E-state index is 9.59. The minimum absolute atomic E-state index is 0.248. The van der Waals surface area contributed by atoms with E-state index in [1.165, 1.54) is 0 Å². The van der Waals surface area contributed by atoms with E-state index in [-0.39, 0.29) is 6.10 Å². The number of hydrogen-bond acceptors (Lipinski definition) is 4. The Morgan fingerprint density at radius 1 is 1.33 bits per heavy atom. The molecule has 84 valence electrons. The van der Waals surface area contributed by atoms with E-state index < -0.39 is 0 Å². The maximum atomic E-state index is 9.59. The lowest BCUT2D eigenvalue weighted by Gasteiger charge is -2.09. The number of rotatable bonds is 6. The van der Waals surface area contributed by atoms with Gasteiger partial charge in [-0.15, -0.1) is 0 Å². The van der Waals surface area contributed by atoms with Crippen LogP contribution in [0.25, 0.3) is 0 Å². The van der Waals surface area contributed by atoms with Crippen LogP contribution in [0.2, 0.25) is 0 Å². The van der Waals surface area contributed by atoms with E-state index in [1.54, 1.807) is 19.5 Å². The molecule has 4 heteroatoms. The van der Waals surface area contributed by atoms with E-state index in [0.29, 0.717) is 18.7 Å². The van der Waals surface area contributed by atoms with Crippen LogP contribution in [-0.4, -0.2) is 28.3 Å². The fourth-order valence-corrected chi connectivity index (χ4v) is 1.48. The molecule has 1 N–H and O–H groups in total. The highest BCUT2D eigenvalue weighted by molar-refractivity contribution is 5.17. The molecular formula is C11H18N2O2. The van der Waals surface area contributed by atoms with Gasteiger partial charge in [0.2, 0.25) is 5.88 Å². The summed E-state index contributed by atoms with van der Waals surface area (Å²) in [7, 11) is 1.58. The molecule has 1 aromatic heterocycles. The number of aliphatic hydroxyl groups is 1. The quantitative estimate of drug-likeness (QED) is 0.774. The predicted molar refractivity (Wildman–Crippen MR) is 57.8 cm³/mol. The van der Waals surface area contributed by atoms with Gasteiger partial charge in [-0.25, -0.2) is 4.98 Å². The first kappa shape index (κ1) is 11.9. The molecule has 1 heterocycles. The number of aryl methyl sites for hydroxylation is 1. The zero-order valence-electron chi connectivity index (χ0n) is 9.31. The summed E-state index contributed by atoms with van der Waals surface area (Å²) < 4.78 is 5.08. The molecule has 4 nitrogen and oxygen atoms in total. The van der Waals surface area contributed by atoms with Crippen molar-refractivity contribution < 1.29 is 9.84 Å². The number of aliphatic hydroxyl groups excluding tert-OH is 1. The van der Waals surface area contributed by atoms with Crippen molar-refractivity contribution in [2.45, 2.75) is 38.7 Å². The minimum Gasteiger partial charge on any atom is -0.480 e. The van der Waals surface area contributed by atoms with E-state index >= 15 is 0 Å². The number of methoxy groups -OCH3 is 1. The fourth-order valence-electron chi connectivity index (χ4n) is 1.48. The van der Waals surface area contributed by atoms with Crippen LogP contribution in [0, 0.1) is 0 Å². The normalized spacial score (nSPS) is 12.5. The lowest BCUT2D eigenvalue weighted by atomic mass is 10.1. The molecule has 0 aliphatic carbocycles. The Labute approximate surface area is 90.3 Å². The summed E-state index contributed by atoms with van der Waals surface area (Å²) in [5.41, 5.74) is 0.815. The van der Waals surface area contributed by atoms with Crippen molar-refractivity contribution in [1.82, 2.24) is 9.97 Å². The average molecular weight is 210 g/mol. The van der Waals surface area contributed by atoms with Crippen LogP contribution in [-0.2, 0) is 6.42 Å². The van der Waals surface area contributed by atoms with Crippen molar-refractivity contribution in [3.63, 3.8) is 0 Å². The lowest BCUT2D eigenvalue weighted by Crippen LogP contribution is -2.08. The summed E-state index contributed by atoms with van der Waals surface area (Å²) in [6, 6.07) is 0. The molecule has 0 aliphatic heterocycles. The third-order valence-electron chi connectivity index (χ3n) is 2.27. The second-order valence-corrected chi connectivity index (χ2v) is 3.49. The number of nitrogens with zero attached hydrogens (tertiary/aromatic N) is 2. The third kappa shape index (κ3) is 3.83. The SMILES string of the molecule is CCCC(O)CCc1nccnc1OC. The van der Waals surface area contributed by atoms with E-state index in [2.05, 4.69) is 16.9 Å². The van der Waals surface area contributed by atoms with E-state index in [4.69, 9.17) is 4.74 Å². The van der Waals surface area contributed by atoms with E-state index in [9.17, 15) is 5.11 Å². The van der Waals surface area contributed by atoms with Crippen molar-refractivity contribution in [3.05, 3.63) is 18.1 Å². The molecule has 0 saturated carbocycles. The Bertz CT molecular complexity index is 292. The Morgan fingerprint density at radius 3 is 2.73 bits per heavy atom. The van der Waals surface area contributed by atoms with Crippen LogP contribution >= 0.6 is 0 Å². The zero-order valence-corrected chi connectivity index (χ0v) is 9.31. The molecule has 0 spiro atoms. The van der Waals surface area contributed by atoms with Crippen LogP contribution in [0.15, 0.2) is 12.4 Å². The topological polar surface area (TPSA) is 55.2 Å². The monoisotopic (exact) mass is 210 g/mol. The Morgan fingerprint density at radius 2 is 2.07 bits per heavy atom. The maximum Gasteiger partial charge on any atom is 0.235 e. The summed E-state index contributed by atoms with van der Waals surface area (Å²) >= 11 is 0. The highest BCUT2D eigenvalue weighted by Crippen LogP contribution is 2.14. The lowest BCUT2D eigenvalue weighted by molar-refractivity contribution is 0.153. The number of ether oxygens (including phenoxy) is 1. The van der Waals surface area contributed by atoms with Gasteiger partial charge in [-0.2, -0.15) is 0 Å². The van der Waals surface area contributed by atoms with Gasteiger partial charge < -0.3 is 9.84 Å². The summed E-state index contributed by atoms with van der Waals surface area (Å²) in [5, 5.41) is 9.59.